The van der Waals surface area contributed by atoms with Crippen molar-refractivity contribution < 1.29 is 9.52 Å². The van der Waals surface area contributed by atoms with E-state index in [2.05, 4.69) is 41.2 Å². The van der Waals surface area contributed by atoms with Gasteiger partial charge in [0.25, 0.3) is 0 Å². The molecule has 3 aromatic rings. The summed E-state index contributed by atoms with van der Waals surface area (Å²) in [5.41, 5.74) is 4.33. The van der Waals surface area contributed by atoms with Gasteiger partial charge in [-0.25, -0.2) is 4.98 Å². The van der Waals surface area contributed by atoms with Gasteiger partial charge in [-0.15, -0.1) is 0 Å². The van der Waals surface area contributed by atoms with Crippen LogP contribution >= 0.6 is 0 Å². The van der Waals surface area contributed by atoms with Crippen molar-refractivity contribution in [1.29, 1.82) is 0 Å². The van der Waals surface area contributed by atoms with Crippen LogP contribution in [-0.4, -0.2) is 15.8 Å². The maximum absolute atomic E-state index is 10.1. The van der Waals surface area contributed by atoms with E-state index in [-0.39, 0.29) is 5.95 Å². The molecule has 4 heteroatoms. The normalized spacial score (nSPS) is 11.7. The summed E-state index contributed by atoms with van der Waals surface area (Å²) in [7, 11) is 0. The maximum atomic E-state index is 10.1. The Hall–Kier alpha value is -2.88. The minimum Gasteiger partial charge on any atom is -0.479 e. The van der Waals surface area contributed by atoms with E-state index in [0.717, 1.165) is 16.8 Å². The lowest BCUT2D eigenvalue weighted by atomic mass is 10.1. The van der Waals surface area contributed by atoms with Gasteiger partial charge in [0.05, 0.1) is 12.3 Å². The van der Waals surface area contributed by atoms with Crippen LogP contribution in [0.1, 0.15) is 30.2 Å². The van der Waals surface area contributed by atoms with E-state index in [1.807, 2.05) is 37.3 Å². The number of aliphatic imine (C=N–C) groups is 1. The Bertz CT molecular complexity index is 834. The molecule has 0 unspecified atom stereocenters. The number of aryl methyl sites for hydroxylation is 1. The second-order valence-corrected chi connectivity index (χ2v) is 5.64. The molecule has 0 spiro atoms. The molecule has 4 nitrogen and oxygen atoms in total. The summed E-state index contributed by atoms with van der Waals surface area (Å²) in [5, 5.41) is 10.1. The zero-order chi connectivity index (χ0) is 16.9. The molecule has 122 valence electrons. The zero-order valence-electron chi connectivity index (χ0n) is 13.9. The van der Waals surface area contributed by atoms with Crippen molar-refractivity contribution in [3.05, 3.63) is 71.4 Å². The second kappa shape index (κ2) is 7.13. The Morgan fingerprint density at radius 2 is 1.79 bits per heavy atom. The van der Waals surface area contributed by atoms with Crippen LogP contribution in [0.15, 0.2) is 64.0 Å². The number of hydrogen-bond donors (Lipinski definition) is 1. The van der Waals surface area contributed by atoms with Gasteiger partial charge < -0.3 is 9.52 Å². The van der Waals surface area contributed by atoms with E-state index in [9.17, 15) is 5.11 Å². The SMILES string of the molecule is CCC(=NCc1ccc(C)cc1)c1nc(-c2ccccc2)oc1O. The van der Waals surface area contributed by atoms with Gasteiger partial charge in [0, 0.05) is 5.56 Å². The van der Waals surface area contributed by atoms with Crippen molar-refractivity contribution in [3.63, 3.8) is 0 Å². The van der Waals surface area contributed by atoms with E-state index in [4.69, 9.17) is 4.42 Å². The molecule has 0 aliphatic heterocycles. The van der Waals surface area contributed by atoms with E-state index in [1.54, 1.807) is 0 Å². The molecule has 0 saturated heterocycles. The van der Waals surface area contributed by atoms with Gasteiger partial charge >= 0.3 is 5.95 Å². The predicted octanol–water partition coefficient (Wildman–Crippen LogP) is 4.75. The van der Waals surface area contributed by atoms with E-state index >= 15 is 0 Å². The number of aromatic nitrogens is 1. The summed E-state index contributed by atoms with van der Waals surface area (Å²) >= 11 is 0. The van der Waals surface area contributed by atoms with Crippen molar-refractivity contribution >= 4 is 5.71 Å². The Balaban J connectivity index is 1.86. The topological polar surface area (TPSA) is 58.6 Å². The van der Waals surface area contributed by atoms with Crippen LogP contribution in [0.3, 0.4) is 0 Å². The van der Waals surface area contributed by atoms with Crippen LogP contribution < -0.4 is 0 Å². The number of aromatic hydroxyl groups is 1. The van der Waals surface area contributed by atoms with Gasteiger partial charge in [0.2, 0.25) is 5.89 Å². The molecule has 0 bridgehead atoms. The van der Waals surface area contributed by atoms with Crippen molar-refractivity contribution in [2.75, 3.05) is 0 Å². The largest absolute Gasteiger partial charge is 0.479 e. The van der Waals surface area contributed by atoms with E-state index in [1.165, 1.54) is 5.56 Å². The fourth-order valence-corrected chi connectivity index (χ4v) is 2.44. The van der Waals surface area contributed by atoms with Crippen molar-refractivity contribution in [3.8, 4) is 17.4 Å². The summed E-state index contributed by atoms with van der Waals surface area (Å²) in [6.07, 6.45) is 0.667. The standard InChI is InChI=1S/C20H20N2O2/c1-3-17(21-13-15-11-9-14(2)10-12-15)18-20(23)24-19(22-18)16-7-5-4-6-8-16/h4-12,23H,3,13H2,1-2H3. The molecular weight excluding hydrogens is 300 g/mol. The van der Waals surface area contributed by atoms with Gasteiger partial charge in [-0.05, 0) is 31.0 Å². The Morgan fingerprint density at radius 3 is 2.46 bits per heavy atom. The highest BCUT2D eigenvalue weighted by atomic mass is 16.5. The first-order valence-electron chi connectivity index (χ1n) is 8.02. The number of oxazole rings is 1. The second-order valence-electron chi connectivity index (χ2n) is 5.64. The fraction of sp³-hybridized carbons (Fsp3) is 0.200. The molecule has 0 radical (unpaired) electrons. The van der Waals surface area contributed by atoms with Crippen molar-refractivity contribution in [2.45, 2.75) is 26.8 Å². The summed E-state index contributed by atoms with van der Waals surface area (Å²) in [5.74, 6) is 0.220. The van der Waals surface area contributed by atoms with Gasteiger partial charge in [-0.2, -0.15) is 0 Å². The van der Waals surface area contributed by atoms with Crippen molar-refractivity contribution in [1.82, 2.24) is 4.98 Å². The van der Waals surface area contributed by atoms with Crippen LogP contribution in [0.25, 0.3) is 11.5 Å². The third kappa shape index (κ3) is 3.54. The summed E-state index contributed by atoms with van der Waals surface area (Å²) < 4.78 is 5.41. The summed E-state index contributed by atoms with van der Waals surface area (Å²) in [4.78, 5) is 9.04. The third-order valence-electron chi connectivity index (χ3n) is 3.81. The molecule has 0 aliphatic rings. The number of rotatable bonds is 5. The predicted molar refractivity (Wildman–Crippen MR) is 95.3 cm³/mol. The average molecular weight is 320 g/mol. The number of hydrogen-bond acceptors (Lipinski definition) is 4. The van der Waals surface area contributed by atoms with Crippen LogP contribution in [0.2, 0.25) is 0 Å². The number of nitrogens with zero attached hydrogens (tertiary/aromatic N) is 2. The van der Waals surface area contributed by atoms with Gasteiger partial charge in [-0.1, -0.05) is 55.0 Å². The number of benzene rings is 2. The molecule has 24 heavy (non-hydrogen) atoms. The molecule has 3 rings (SSSR count). The highest BCUT2D eigenvalue weighted by Crippen LogP contribution is 2.27. The highest BCUT2D eigenvalue weighted by Gasteiger charge is 2.17. The zero-order valence-corrected chi connectivity index (χ0v) is 13.9. The molecule has 1 N–H and O–H groups in total. The van der Waals surface area contributed by atoms with Crippen LogP contribution in [0.5, 0.6) is 5.95 Å². The average Bonchev–Trinajstić information content (AvgIpc) is 3.00. The van der Waals surface area contributed by atoms with Gasteiger partial charge in [0.15, 0.2) is 5.69 Å². The summed E-state index contributed by atoms with van der Waals surface area (Å²) in [6, 6.07) is 17.8. The first-order valence-corrected chi connectivity index (χ1v) is 8.02. The smallest absolute Gasteiger partial charge is 0.312 e. The molecule has 0 atom stereocenters. The third-order valence-corrected chi connectivity index (χ3v) is 3.81. The summed E-state index contributed by atoms with van der Waals surface area (Å²) in [6.45, 7) is 4.60. The van der Waals surface area contributed by atoms with Crippen molar-refractivity contribution in [2.24, 2.45) is 4.99 Å². The molecule has 0 saturated carbocycles. The lowest BCUT2D eigenvalue weighted by Crippen LogP contribution is -2.01. The Morgan fingerprint density at radius 1 is 1.08 bits per heavy atom. The highest BCUT2D eigenvalue weighted by molar-refractivity contribution is 6.00. The minimum atomic E-state index is -0.182. The van der Waals surface area contributed by atoms with E-state index in [0.29, 0.717) is 24.6 Å². The lowest BCUT2D eigenvalue weighted by molar-refractivity contribution is 0.336. The lowest BCUT2D eigenvalue weighted by Gasteiger charge is -2.02. The Kier molecular flexibility index (Phi) is 4.75. The molecule has 0 aliphatic carbocycles. The quantitative estimate of drug-likeness (QED) is 0.690. The molecule has 1 aromatic heterocycles. The van der Waals surface area contributed by atoms with Gasteiger partial charge in [0.1, 0.15) is 0 Å². The van der Waals surface area contributed by atoms with Crippen LogP contribution in [0.4, 0.5) is 0 Å². The first-order chi connectivity index (χ1) is 11.7. The van der Waals surface area contributed by atoms with Gasteiger partial charge in [-0.3, -0.25) is 4.99 Å². The molecule has 1 heterocycles. The molecule has 0 fully saturated rings. The minimum absolute atomic E-state index is 0.182. The monoisotopic (exact) mass is 320 g/mol. The molecule has 0 amide bonds. The maximum Gasteiger partial charge on any atom is 0.312 e. The molecule has 2 aromatic carbocycles. The Labute approximate surface area is 141 Å². The fourth-order valence-electron chi connectivity index (χ4n) is 2.44. The van der Waals surface area contributed by atoms with Crippen LogP contribution in [-0.2, 0) is 6.54 Å². The first kappa shape index (κ1) is 16.0. The van der Waals surface area contributed by atoms with E-state index < -0.39 is 0 Å². The molecular formula is C20H20N2O2. The van der Waals surface area contributed by atoms with Crippen LogP contribution in [0, 0.1) is 6.92 Å².